The largest absolute Gasteiger partial charge is 0.366 e. The van der Waals surface area contributed by atoms with E-state index >= 15 is 0 Å². The van der Waals surface area contributed by atoms with E-state index in [9.17, 15) is 4.79 Å². The lowest BCUT2D eigenvalue weighted by Gasteiger charge is -2.36. The summed E-state index contributed by atoms with van der Waals surface area (Å²) in [5.74, 6) is 1.80. The smallest absolute Gasteiger partial charge is 0.252 e. The van der Waals surface area contributed by atoms with E-state index in [1.807, 2.05) is 48.7 Å². The second-order valence-corrected chi connectivity index (χ2v) is 8.84. The molecule has 1 saturated carbocycles. The third kappa shape index (κ3) is 4.83. The van der Waals surface area contributed by atoms with Gasteiger partial charge < -0.3 is 15.5 Å². The third-order valence-corrected chi connectivity index (χ3v) is 6.15. The molecule has 1 atom stereocenters. The van der Waals surface area contributed by atoms with Crippen LogP contribution in [-0.4, -0.2) is 65.6 Å². The van der Waals surface area contributed by atoms with E-state index in [2.05, 4.69) is 38.4 Å². The van der Waals surface area contributed by atoms with Gasteiger partial charge in [0, 0.05) is 56.4 Å². The second kappa shape index (κ2) is 9.12. The number of carbonyl (C=O) groups excluding carboxylic acids is 1. The zero-order valence-electron chi connectivity index (χ0n) is 18.5. The van der Waals surface area contributed by atoms with Crippen LogP contribution in [0.5, 0.6) is 0 Å². The number of benzene rings is 1. The molecule has 5 rings (SSSR count). The standard InChI is InChI=1S/C25H30N6O/c1-18(17-30-12-14-31(15-13-30)24-8-4-5-11-26-24)27-23-16-21(25(32)28-19-9-10-19)20-6-2-3-7-22(20)29-23/h2-8,11,16,18-19H,9-10,12-15,17H2,1H3,(H,27,29)(H,28,32). The number of rotatable bonds is 7. The summed E-state index contributed by atoms with van der Waals surface area (Å²) in [6, 6.07) is 16.4. The van der Waals surface area contributed by atoms with Gasteiger partial charge in [-0.05, 0) is 44.0 Å². The number of hydrogen-bond acceptors (Lipinski definition) is 6. The van der Waals surface area contributed by atoms with Crippen molar-refractivity contribution in [2.45, 2.75) is 31.8 Å². The van der Waals surface area contributed by atoms with E-state index < -0.39 is 0 Å². The van der Waals surface area contributed by atoms with Crippen molar-refractivity contribution in [2.75, 3.05) is 42.9 Å². The molecule has 3 aromatic rings. The van der Waals surface area contributed by atoms with Gasteiger partial charge in [0.1, 0.15) is 11.6 Å². The number of carbonyl (C=O) groups is 1. The molecule has 0 radical (unpaired) electrons. The number of amides is 1. The molecule has 0 spiro atoms. The van der Waals surface area contributed by atoms with Crippen LogP contribution in [0.15, 0.2) is 54.7 Å². The van der Waals surface area contributed by atoms with Gasteiger partial charge in [0.2, 0.25) is 0 Å². The minimum Gasteiger partial charge on any atom is -0.366 e. The molecule has 2 aliphatic rings. The number of piperazine rings is 1. The van der Waals surface area contributed by atoms with Gasteiger partial charge in [0.05, 0.1) is 11.1 Å². The fraction of sp³-hybridized carbons (Fsp3) is 0.400. The van der Waals surface area contributed by atoms with Crippen molar-refractivity contribution >= 4 is 28.4 Å². The van der Waals surface area contributed by atoms with Crippen LogP contribution >= 0.6 is 0 Å². The molecule has 1 aromatic carbocycles. The topological polar surface area (TPSA) is 73.4 Å². The number of nitrogens with zero attached hydrogens (tertiary/aromatic N) is 4. The summed E-state index contributed by atoms with van der Waals surface area (Å²) in [4.78, 5) is 26.9. The fourth-order valence-electron chi connectivity index (χ4n) is 4.31. The summed E-state index contributed by atoms with van der Waals surface area (Å²) in [5.41, 5.74) is 1.54. The minimum absolute atomic E-state index is 0.00699. The molecule has 1 unspecified atom stereocenters. The quantitative estimate of drug-likeness (QED) is 0.600. The Kier molecular flexibility index (Phi) is 5.90. The second-order valence-electron chi connectivity index (χ2n) is 8.84. The number of anilines is 2. The summed E-state index contributed by atoms with van der Waals surface area (Å²) in [7, 11) is 0. The molecule has 1 aliphatic heterocycles. The van der Waals surface area contributed by atoms with Crippen molar-refractivity contribution in [3.8, 4) is 0 Å². The highest BCUT2D eigenvalue weighted by Gasteiger charge is 2.25. The third-order valence-electron chi connectivity index (χ3n) is 6.15. The summed E-state index contributed by atoms with van der Waals surface area (Å²) < 4.78 is 0. The monoisotopic (exact) mass is 430 g/mol. The highest BCUT2D eigenvalue weighted by molar-refractivity contribution is 6.07. The number of hydrogen-bond donors (Lipinski definition) is 2. The average molecular weight is 431 g/mol. The van der Waals surface area contributed by atoms with Gasteiger partial charge in [0.25, 0.3) is 5.91 Å². The normalized spacial score (nSPS) is 17.8. The lowest BCUT2D eigenvalue weighted by atomic mass is 10.1. The molecule has 166 valence electrons. The minimum atomic E-state index is -0.00699. The Morgan fingerprint density at radius 3 is 2.62 bits per heavy atom. The van der Waals surface area contributed by atoms with Crippen molar-refractivity contribution in [3.63, 3.8) is 0 Å². The van der Waals surface area contributed by atoms with Crippen LogP contribution in [0.1, 0.15) is 30.1 Å². The molecule has 1 aliphatic carbocycles. The van der Waals surface area contributed by atoms with E-state index in [1.54, 1.807) is 0 Å². The zero-order valence-corrected chi connectivity index (χ0v) is 18.5. The Labute approximate surface area is 188 Å². The molecule has 7 nitrogen and oxygen atoms in total. The Bertz CT molecular complexity index is 1080. The van der Waals surface area contributed by atoms with Crippen LogP contribution in [0.25, 0.3) is 10.9 Å². The van der Waals surface area contributed by atoms with Crippen molar-refractivity contribution in [2.24, 2.45) is 0 Å². The maximum atomic E-state index is 12.8. The molecule has 0 bridgehead atoms. The maximum absolute atomic E-state index is 12.8. The van der Waals surface area contributed by atoms with Gasteiger partial charge in [0.15, 0.2) is 0 Å². The predicted octanol–water partition coefficient (Wildman–Crippen LogP) is 3.14. The van der Waals surface area contributed by atoms with Gasteiger partial charge >= 0.3 is 0 Å². The first-order chi connectivity index (χ1) is 15.7. The van der Waals surface area contributed by atoms with Gasteiger partial charge in [-0.2, -0.15) is 0 Å². The van der Waals surface area contributed by atoms with Crippen LogP contribution < -0.4 is 15.5 Å². The molecular weight excluding hydrogens is 400 g/mol. The molecule has 2 fully saturated rings. The summed E-state index contributed by atoms with van der Waals surface area (Å²) in [6.07, 6.45) is 4.00. The van der Waals surface area contributed by atoms with E-state index in [4.69, 9.17) is 4.98 Å². The average Bonchev–Trinajstić information content (AvgIpc) is 3.63. The molecule has 7 heteroatoms. The number of nitrogens with one attached hydrogen (secondary N) is 2. The van der Waals surface area contributed by atoms with Crippen LogP contribution in [-0.2, 0) is 0 Å². The summed E-state index contributed by atoms with van der Waals surface area (Å²) in [5, 5.41) is 7.54. The number of para-hydroxylation sites is 1. The Hall–Kier alpha value is -3.19. The van der Waals surface area contributed by atoms with Gasteiger partial charge in [-0.25, -0.2) is 9.97 Å². The Balaban J connectivity index is 1.23. The van der Waals surface area contributed by atoms with Crippen LogP contribution in [0.2, 0.25) is 0 Å². The molecule has 32 heavy (non-hydrogen) atoms. The fourth-order valence-corrected chi connectivity index (χ4v) is 4.31. The van der Waals surface area contributed by atoms with Gasteiger partial charge in [-0.3, -0.25) is 9.69 Å². The highest BCUT2D eigenvalue weighted by Crippen LogP contribution is 2.24. The zero-order chi connectivity index (χ0) is 21.9. The first-order valence-electron chi connectivity index (χ1n) is 11.5. The summed E-state index contributed by atoms with van der Waals surface area (Å²) >= 11 is 0. The lowest BCUT2D eigenvalue weighted by molar-refractivity contribution is 0.0952. The Morgan fingerprint density at radius 1 is 1.09 bits per heavy atom. The van der Waals surface area contributed by atoms with Crippen molar-refractivity contribution < 1.29 is 4.79 Å². The molecule has 3 heterocycles. The van der Waals surface area contributed by atoms with Crippen LogP contribution in [0.3, 0.4) is 0 Å². The predicted molar refractivity (Wildman–Crippen MR) is 128 cm³/mol. The van der Waals surface area contributed by atoms with E-state index in [0.29, 0.717) is 11.6 Å². The number of fused-ring (bicyclic) bond motifs is 1. The van der Waals surface area contributed by atoms with E-state index in [-0.39, 0.29) is 11.9 Å². The van der Waals surface area contributed by atoms with E-state index in [1.165, 1.54) is 0 Å². The van der Waals surface area contributed by atoms with E-state index in [0.717, 1.165) is 68.1 Å². The molecular formula is C25H30N6O. The lowest BCUT2D eigenvalue weighted by Crippen LogP contribution is -2.49. The van der Waals surface area contributed by atoms with Crippen LogP contribution in [0, 0.1) is 0 Å². The van der Waals surface area contributed by atoms with Crippen molar-refractivity contribution in [1.29, 1.82) is 0 Å². The summed E-state index contributed by atoms with van der Waals surface area (Å²) in [6.45, 7) is 7.05. The number of pyridine rings is 2. The van der Waals surface area contributed by atoms with Crippen molar-refractivity contribution in [3.05, 3.63) is 60.3 Å². The van der Waals surface area contributed by atoms with Crippen LogP contribution in [0.4, 0.5) is 11.6 Å². The number of aromatic nitrogens is 2. The Morgan fingerprint density at radius 2 is 1.88 bits per heavy atom. The van der Waals surface area contributed by atoms with Gasteiger partial charge in [-0.1, -0.05) is 24.3 Å². The molecule has 2 N–H and O–H groups in total. The molecule has 1 amide bonds. The maximum Gasteiger partial charge on any atom is 0.252 e. The molecule has 2 aromatic heterocycles. The SMILES string of the molecule is CC(CN1CCN(c2ccccn2)CC1)Nc1cc(C(=O)NC2CC2)c2ccccc2n1. The van der Waals surface area contributed by atoms with Gasteiger partial charge in [-0.15, -0.1) is 0 Å². The molecule has 1 saturated heterocycles. The first-order valence-corrected chi connectivity index (χ1v) is 11.5. The first kappa shape index (κ1) is 20.7. The van der Waals surface area contributed by atoms with Crippen molar-refractivity contribution in [1.82, 2.24) is 20.2 Å². The highest BCUT2D eigenvalue weighted by atomic mass is 16.1.